The first-order valence-electron chi connectivity index (χ1n) is 10.8. The molecule has 0 bridgehead atoms. The van der Waals surface area contributed by atoms with Crippen LogP contribution in [0.1, 0.15) is 68.2 Å². The van der Waals surface area contributed by atoms with Crippen LogP contribution in [0.3, 0.4) is 0 Å². The smallest absolute Gasteiger partial charge is 0.192 e. The Morgan fingerprint density at radius 3 is 2.67 bits per heavy atom. The first kappa shape index (κ1) is 21.4. The van der Waals surface area contributed by atoms with E-state index in [-0.39, 0.29) is 35.6 Å². The molecule has 2 aromatic rings. The van der Waals surface area contributed by atoms with Crippen molar-refractivity contribution in [3.8, 4) is 5.75 Å². The lowest BCUT2D eigenvalue weighted by molar-refractivity contribution is 0.0396. The molecule has 7 nitrogen and oxygen atoms in total. The fourth-order valence-electron chi connectivity index (χ4n) is 4.53. The Morgan fingerprint density at radius 2 is 1.97 bits per heavy atom. The summed E-state index contributed by atoms with van der Waals surface area (Å²) >= 11 is 0. The average Bonchev–Trinajstić information content (AvgIpc) is 3.34. The fourth-order valence-corrected chi connectivity index (χ4v) is 4.53. The van der Waals surface area contributed by atoms with E-state index in [4.69, 9.17) is 9.73 Å². The minimum atomic E-state index is -0.0303. The molecule has 2 heterocycles. The summed E-state index contributed by atoms with van der Waals surface area (Å²) in [7, 11) is 1.99. The van der Waals surface area contributed by atoms with Gasteiger partial charge in [0.05, 0.1) is 6.04 Å². The molecule has 1 aromatic heterocycles. The van der Waals surface area contributed by atoms with Gasteiger partial charge in [-0.15, -0.1) is 34.2 Å². The summed E-state index contributed by atoms with van der Waals surface area (Å²) < 4.78 is 8.51. The fraction of sp³-hybridized carbons (Fsp3) is 0.591. The van der Waals surface area contributed by atoms with Gasteiger partial charge in [-0.05, 0) is 51.5 Å². The molecule has 162 valence electrons. The van der Waals surface area contributed by atoms with Gasteiger partial charge in [0.2, 0.25) is 0 Å². The topological polar surface area (TPSA) is 76.4 Å². The summed E-state index contributed by atoms with van der Waals surface area (Å²) in [5.41, 5.74) is 1.20. The molecule has 0 radical (unpaired) electrons. The number of hydrogen-bond acceptors (Lipinski definition) is 4. The van der Waals surface area contributed by atoms with Gasteiger partial charge >= 0.3 is 0 Å². The van der Waals surface area contributed by atoms with Crippen molar-refractivity contribution in [2.75, 3.05) is 0 Å². The third-order valence-electron chi connectivity index (χ3n) is 6.50. The largest absolute Gasteiger partial charge is 0.487 e. The molecule has 2 N–H and O–H groups in total. The molecule has 2 fully saturated rings. The maximum atomic E-state index is 6.51. The number of nitrogens with zero attached hydrogens (tertiary/aromatic N) is 4. The number of guanidine groups is 1. The van der Waals surface area contributed by atoms with Crippen LogP contribution in [0.5, 0.6) is 5.75 Å². The molecule has 1 aromatic carbocycles. The second-order valence-electron chi connectivity index (χ2n) is 8.74. The molecule has 5 rings (SSSR count). The van der Waals surface area contributed by atoms with E-state index in [9.17, 15) is 0 Å². The number of aromatic nitrogens is 3. The van der Waals surface area contributed by atoms with Crippen LogP contribution in [0.4, 0.5) is 0 Å². The van der Waals surface area contributed by atoms with E-state index >= 15 is 0 Å². The molecule has 1 spiro atoms. The molecule has 2 aliphatic carbocycles. The lowest BCUT2D eigenvalue weighted by Crippen LogP contribution is -2.47. The van der Waals surface area contributed by atoms with E-state index in [1.165, 1.54) is 31.2 Å². The maximum Gasteiger partial charge on any atom is 0.192 e. The van der Waals surface area contributed by atoms with Crippen molar-refractivity contribution in [2.24, 2.45) is 12.0 Å². The summed E-state index contributed by atoms with van der Waals surface area (Å²) in [6.07, 6.45) is 8.18. The van der Waals surface area contributed by atoms with E-state index in [0.717, 1.165) is 42.6 Å². The van der Waals surface area contributed by atoms with Crippen LogP contribution in [-0.2, 0) is 13.6 Å². The highest BCUT2D eigenvalue weighted by atomic mass is 127. The minimum Gasteiger partial charge on any atom is -0.487 e. The van der Waals surface area contributed by atoms with E-state index in [2.05, 4.69) is 45.1 Å². The molecule has 1 atom stereocenters. The lowest BCUT2D eigenvalue weighted by Gasteiger charge is -2.40. The Hall–Kier alpha value is -1.84. The SMILES string of the molecule is Cc1nnc(CN=C(NC2CC2)NC2CC3(CCCC3)Oc3ccccc32)n1C.I. The Morgan fingerprint density at radius 1 is 1.20 bits per heavy atom. The van der Waals surface area contributed by atoms with Crippen LogP contribution in [0.25, 0.3) is 0 Å². The highest BCUT2D eigenvalue weighted by Crippen LogP contribution is 2.47. The van der Waals surface area contributed by atoms with Gasteiger partial charge in [0.1, 0.15) is 23.7 Å². The standard InChI is InChI=1S/C22H30N6O.HI/c1-15-26-27-20(28(15)2)14-23-21(24-16-9-10-16)25-18-13-22(11-5-6-12-22)29-19-8-4-3-7-17(18)19;/h3-4,7-8,16,18H,5-6,9-14H2,1-2H3,(H2,23,24,25);1H. The van der Waals surface area contributed by atoms with Gasteiger partial charge in [-0.1, -0.05) is 18.2 Å². The molecule has 1 unspecified atom stereocenters. The average molecular weight is 522 g/mol. The number of benzene rings is 1. The second-order valence-corrected chi connectivity index (χ2v) is 8.74. The molecule has 0 amide bonds. The van der Waals surface area contributed by atoms with Crippen LogP contribution in [-0.4, -0.2) is 32.4 Å². The van der Waals surface area contributed by atoms with E-state index in [1.807, 2.05) is 18.5 Å². The quantitative estimate of drug-likeness (QED) is 0.363. The summed E-state index contributed by atoms with van der Waals surface area (Å²) in [4.78, 5) is 4.86. The van der Waals surface area contributed by atoms with Gasteiger partial charge in [0.15, 0.2) is 11.8 Å². The molecule has 8 heteroatoms. The van der Waals surface area contributed by atoms with Crippen molar-refractivity contribution in [1.29, 1.82) is 0 Å². The van der Waals surface area contributed by atoms with Crippen molar-refractivity contribution < 1.29 is 4.74 Å². The number of aliphatic imine (C=N–C) groups is 1. The van der Waals surface area contributed by atoms with Crippen molar-refractivity contribution in [3.63, 3.8) is 0 Å². The second kappa shape index (κ2) is 8.72. The normalized spacial score (nSPS) is 22.2. The third kappa shape index (κ3) is 4.43. The van der Waals surface area contributed by atoms with Crippen LogP contribution in [0, 0.1) is 6.92 Å². The van der Waals surface area contributed by atoms with Gasteiger partial charge in [-0.2, -0.15) is 0 Å². The summed E-state index contributed by atoms with van der Waals surface area (Å²) in [6.45, 7) is 2.47. The number of hydrogen-bond donors (Lipinski definition) is 2. The molecule has 2 saturated carbocycles. The molecule has 3 aliphatic rings. The number of halogens is 1. The monoisotopic (exact) mass is 522 g/mol. The predicted octanol–water partition coefficient (Wildman–Crippen LogP) is 3.78. The maximum absolute atomic E-state index is 6.51. The van der Waals surface area contributed by atoms with Crippen LogP contribution < -0.4 is 15.4 Å². The van der Waals surface area contributed by atoms with Crippen molar-refractivity contribution in [3.05, 3.63) is 41.5 Å². The number of fused-ring (bicyclic) bond motifs is 1. The van der Waals surface area contributed by atoms with Gasteiger partial charge in [-0.25, -0.2) is 4.99 Å². The van der Waals surface area contributed by atoms with Gasteiger partial charge in [0, 0.05) is 25.1 Å². The Bertz CT molecular complexity index is 916. The number of ether oxygens (including phenoxy) is 1. The number of rotatable bonds is 4. The van der Waals surface area contributed by atoms with Crippen molar-refractivity contribution in [2.45, 2.75) is 76.1 Å². The highest BCUT2D eigenvalue weighted by Gasteiger charge is 2.43. The summed E-state index contributed by atoms with van der Waals surface area (Å²) in [5.74, 6) is 3.66. The third-order valence-corrected chi connectivity index (χ3v) is 6.50. The number of nitrogens with one attached hydrogen (secondary N) is 2. The van der Waals surface area contributed by atoms with Crippen LogP contribution >= 0.6 is 24.0 Å². The summed E-state index contributed by atoms with van der Waals surface area (Å²) in [6, 6.07) is 9.17. The summed E-state index contributed by atoms with van der Waals surface area (Å²) in [5, 5.41) is 15.7. The van der Waals surface area contributed by atoms with Gasteiger partial charge in [-0.3, -0.25) is 0 Å². The van der Waals surface area contributed by atoms with Gasteiger partial charge < -0.3 is 19.9 Å². The van der Waals surface area contributed by atoms with Crippen molar-refractivity contribution in [1.82, 2.24) is 25.4 Å². The van der Waals surface area contributed by atoms with E-state index < -0.39 is 0 Å². The predicted molar refractivity (Wildman–Crippen MR) is 127 cm³/mol. The minimum absolute atomic E-state index is 0. The Balaban J connectivity index is 0.00000218. The van der Waals surface area contributed by atoms with E-state index in [0.29, 0.717) is 12.6 Å². The van der Waals surface area contributed by atoms with Crippen LogP contribution in [0.2, 0.25) is 0 Å². The van der Waals surface area contributed by atoms with Gasteiger partial charge in [0.25, 0.3) is 0 Å². The molecular formula is C22H31IN6O. The molecule has 0 saturated heterocycles. The lowest BCUT2D eigenvalue weighted by atomic mass is 9.86. The molecule has 30 heavy (non-hydrogen) atoms. The zero-order chi connectivity index (χ0) is 19.8. The zero-order valence-electron chi connectivity index (χ0n) is 17.7. The van der Waals surface area contributed by atoms with Crippen LogP contribution in [0.15, 0.2) is 29.3 Å². The Kier molecular flexibility index (Phi) is 6.22. The zero-order valence-corrected chi connectivity index (χ0v) is 20.1. The molecule has 1 aliphatic heterocycles. The highest BCUT2D eigenvalue weighted by molar-refractivity contribution is 14.0. The number of aryl methyl sites for hydroxylation is 1. The van der Waals surface area contributed by atoms with E-state index in [1.54, 1.807) is 0 Å². The Labute approximate surface area is 195 Å². The molecular weight excluding hydrogens is 491 g/mol. The number of para-hydroxylation sites is 1. The first-order valence-corrected chi connectivity index (χ1v) is 10.8. The first-order chi connectivity index (χ1) is 14.1. The van der Waals surface area contributed by atoms with Crippen molar-refractivity contribution >= 4 is 29.9 Å².